The van der Waals surface area contributed by atoms with Crippen molar-refractivity contribution in [2.45, 2.75) is 13.0 Å². The van der Waals surface area contributed by atoms with Crippen LogP contribution in [0, 0.1) is 0 Å². The number of nitrogens with zero attached hydrogens (tertiary/aromatic N) is 3. The highest BCUT2D eigenvalue weighted by Crippen LogP contribution is 2.07. The third-order valence-corrected chi connectivity index (χ3v) is 1.84. The molecule has 0 saturated carbocycles. The van der Waals surface area contributed by atoms with E-state index in [1.165, 1.54) is 0 Å². The molecule has 1 rings (SSSR count). The van der Waals surface area contributed by atoms with Gasteiger partial charge in [-0.3, -0.25) is 4.98 Å². The Morgan fingerprint density at radius 3 is 2.83 bits per heavy atom. The standard InChI is InChI=1S/C8H13N3O/c1-7(6-12)11(2)8-5-9-3-4-10-8/h3-5,7,12H,6H2,1-2H3. The normalized spacial score (nSPS) is 12.6. The first kappa shape index (κ1) is 8.93. The molecule has 1 N–H and O–H groups in total. The van der Waals surface area contributed by atoms with E-state index in [9.17, 15) is 0 Å². The molecular formula is C8H13N3O. The molecule has 0 aliphatic carbocycles. The molecule has 1 aromatic heterocycles. The minimum absolute atomic E-state index is 0.0710. The fourth-order valence-electron chi connectivity index (χ4n) is 0.822. The first-order chi connectivity index (χ1) is 5.75. The quantitative estimate of drug-likeness (QED) is 0.703. The summed E-state index contributed by atoms with van der Waals surface area (Å²) in [6.45, 7) is 2.04. The maximum atomic E-state index is 8.88. The van der Waals surface area contributed by atoms with E-state index in [4.69, 9.17) is 5.11 Å². The van der Waals surface area contributed by atoms with Gasteiger partial charge in [-0.1, -0.05) is 0 Å². The molecule has 4 heteroatoms. The fraction of sp³-hybridized carbons (Fsp3) is 0.500. The highest BCUT2D eigenvalue weighted by molar-refractivity contribution is 5.34. The van der Waals surface area contributed by atoms with Crippen molar-refractivity contribution in [3.63, 3.8) is 0 Å². The third-order valence-electron chi connectivity index (χ3n) is 1.84. The SMILES string of the molecule is CC(CO)N(C)c1cnccn1. The van der Waals surface area contributed by atoms with Gasteiger partial charge in [0.1, 0.15) is 5.82 Å². The number of aliphatic hydroxyl groups is 1. The van der Waals surface area contributed by atoms with Crippen LogP contribution in [0.1, 0.15) is 6.92 Å². The minimum atomic E-state index is 0.0710. The van der Waals surface area contributed by atoms with Gasteiger partial charge in [0.25, 0.3) is 0 Å². The molecule has 0 bridgehead atoms. The maximum absolute atomic E-state index is 8.88. The van der Waals surface area contributed by atoms with E-state index in [2.05, 4.69) is 9.97 Å². The van der Waals surface area contributed by atoms with Gasteiger partial charge in [0.15, 0.2) is 0 Å². The van der Waals surface area contributed by atoms with Crippen LogP contribution in [0.15, 0.2) is 18.6 Å². The Bertz CT molecular complexity index is 227. The second kappa shape index (κ2) is 4.01. The Morgan fingerprint density at radius 1 is 1.58 bits per heavy atom. The van der Waals surface area contributed by atoms with Crippen LogP contribution in [0.2, 0.25) is 0 Å². The zero-order valence-corrected chi connectivity index (χ0v) is 7.31. The van der Waals surface area contributed by atoms with Crippen LogP contribution in [0.25, 0.3) is 0 Å². The van der Waals surface area contributed by atoms with Crippen LogP contribution < -0.4 is 4.90 Å². The van der Waals surface area contributed by atoms with Crippen molar-refractivity contribution in [3.8, 4) is 0 Å². The van der Waals surface area contributed by atoms with Crippen molar-refractivity contribution in [2.75, 3.05) is 18.6 Å². The van der Waals surface area contributed by atoms with E-state index in [1.807, 2.05) is 18.9 Å². The van der Waals surface area contributed by atoms with Gasteiger partial charge < -0.3 is 10.0 Å². The molecule has 1 unspecified atom stereocenters. The summed E-state index contributed by atoms with van der Waals surface area (Å²) >= 11 is 0. The molecule has 0 saturated heterocycles. The smallest absolute Gasteiger partial charge is 0.147 e. The second-order valence-corrected chi connectivity index (χ2v) is 2.71. The van der Waals surface area contributed by atoms with Crippen molar-refractivity contribution in [3.05, 3.63) is 18.6 Å². The number of anilines is 1. The molecule has 12 heavy (non-hydrogen) atoms. The molecule has 1 atom stereocenters. The van der Waals surface area contributed by atoms with Crippen LogP contribution in [-0.4, -0.2) is 34.8 Å². The topological polar surface area (TPSA) is 49.2 Å². The minimum Gasteiger partial charge on any atom is -0.394 e. The lowest BCUT2D eigenvalue weighted by Crippen LogP contribution is -2.32. The molecule has 0 aromatic carbocycles. The monoisotopic (exact) mass is 167 g/mol. The summed E-state index contributed by atoms with van der Waals surface area (Å²) in [5.74, 6) is 0.777. The maximum Gasteiger partial charge on any atom is 0.147 e. The van der Waals surface area contributed by atoms with Crippen molar-refractivity contribution in [2.24, 2.45) is 0 Å². The van der Waals surface area contributed by atoms with Gasteiger partial charge in [-0.05, 0) is 6.92 Å². The van der Waals surface area contributed by atoms with Crippen LogP contribution in [0.5, 0.6) is 0 Å². The lowest BCUT2D eigenvalue weighted by atomic mass is 10.3. The van der Waals surface area contributed by atoms with Crippen molar-refractivity contribution < 1.29 is 5.11 Å². The lowest BCUT2D eigenvalue weighted by Gasteiger charge is -2.23. The molecule has 0 spiro atoms. The summed E-state index contributed by atoms with van der Waals surface area (Å²) in [6, 6.07) is 0.0710. The molecule has 4 nitrogen and oxygen atoms in total. The van der Waals surface area contributed by atoms with E-state index >= 15 is 0 Å². The molecule has 0 amide bonds. The average molecular weight is 167 g/mol. The highest BCUT2D eigenvalue weighted by atomic mass is 16.3. The predicted molar refractivity (Wildman–Crippen MR) is 47.0 cm³/mol. The molecule has 0 aliphatic heterocycles. The summed E-state index contributed by atoms with van der Waals surface area (Å²) in [4.78, 5) is 9.92. The van der Waals surface area contributed by atoms with Crippen molar-refractivity contribution in [1.82, 2.24) is 9.97 Å². The number of hydrogen-bond acceptors (Lipinski definition) is 4. The van der Waals surface area contributed by atoms with Crippen LogP contribution in [0.4, 0.5) is 5.82 Å². The Balaban J connectivity index is 2.71. The van der Waals surface area contributed by atoms with E-state index < -0.39 is 0 Å². The number of hydrogen-bond donors (Lipinski definition) is 1. The lowest BCUT2D eigenvalue weighted by molar-refractivity contribution is 0.269. The zero-order chi connectivity index (χ0) is 8.97. The molecule has 0 aliphatic rings. The molecule has 1 aromatic rings. The average Bonchev–Trinajstić information content (AvgIpc) is 2.17. The van der Waals surface area contributed by atoms with Crippen LogP contribution >= 0.6 is 0 Å². The number of likely N-dealkylation sites (N-methyl/N-ethyl adjacent to an activating group) is 1. The number of aromatic nitrogens is 2. The van der Waals surface area contributed by atoms with E-state index in [0.717, 1.165) is 5.82 Å². The highest BCUT2D eigenvalue weighted by Gasteiger charge is 2.08. The largest absolute Gasteiger partial charge is 0.394 e. The summed E-state index contributed by atoms with van der Waals surface area (Å²) in [7, 11) is 1.88. The van der Waals surface area contributed by atoms with Gasteiger partial charge in [-0.25, -0.2) is 4.98 Å². The first-order valence-corrected chi connectivity index (χ1v) is 3.85. The number of rotatable bonds is 3. The van der Waals surface area contributed by atoms with Crippen LogP contribution in [0.3, 0.4) is 0 Å². The zero-order valence-electron chi connectivity index (χ0n) is 7.31. The van der Waals surface area contributed by atoms with Gasteiger partial charge >= 0.3 is 0 Å². The molecule has 0 radical (unpaired) electrons. The van der Waals surface area contributed by atoms with Crippen LogP contribution in [-0.2, 0) is 0 Å². The van der Waals surface area contributed by atoms with Crippen molar-refractivity contribution >= 4 is 5.82 Å². The Labute approximate surface area is 71.9 Å². The second-order valence-electron chi connectivity index (χ2n) is 2.71. The van der Waals surface area contributed by atoms with Gasteiger partial charge in [0.05, 0.1) is 18.8 Å². The van der Waals surface area contributed by atoms with E-state index in [0.29, 0.717) is 0 Å². The van der Waals surface area contributed by atoms with Crippen molar-refractivity contribution in [1.29, 1.82) is 0 Å². The van der Waals surface area contributed by atoms with E-state index in [-0.39, 0.29) is 12.6 Å². The summed E-state index contributed by atoms with van der Waals surface area (Å²) < 4.78 is 0. The van der Waals surface area contributed by atoms with Gasteiger partial charge in [0.2, 0.25) is 0 Å². The third kappa shape index (κ3) is 1.92. The molecule has 1 heterocycles. The number of aliphatic hydroxyl groups excluding tert-OH is 1. The Morgan fingerprint density at radius 2 is 2.33 bits per heavy atom. The first-order valence-electron chi connectivity index (χ1n) is 3.85. The fourth-order valence-corrected chi connectivity index (χ4v) is 0.822. The molecule has 0 fully saturated rings. The molecular weight excluding hydrogens is 154 g/mol. The summed E-state index contributed by atoms with van der Waals surface area (Å²) in [5, 5.41) is 8.88. The van der Waals surface area contributed by atoms with Gasteiger partial charge in [-0.2, -0.15) is 0 Å². The van der Waals surface area contributed by atoms with Gasteiger partial charge in [0, 0.05) is 19.4 Å². The molecule has 66 valence electrons. The summed E-state index contributed by atoms with van der Waals surface area (Å²) in [6.07, 6.45) is 4.93. The predicted octanol–water partition coefficient (Wildman–Crippen LogP) is 0.294. The summed E-state index contributed by atoms with van der Waals surface area (Å²) in [5.41, 5.74) is 0. The van der Waals surface area contributed by atoms with Gasteiger partial charge in [-0.15, -0.1) is 0 Å². The van der Waals surface area contributed by atoms with E-state index in [1.54, 1.807) is 18.6 Å². The Hall–Kier alpha value is -1.16. The Kier molecular flexibility index (Phi) is 2.99.